The fourth-order valence-corrected chi connectivity index (χ4v) is 3.50. The minimum atomic E-state index is -0.156. The second kappa shape index (κ2) is 7.80. The van der Waals surface area contributed by atoms with Crippen LogP contribution in [0.15, 0.2) is 53.0 Å². The Morgan fingerprint density at radius 2 is 1.96 bits per heavy atom. The number of hydrogen-bond donors (Lipinski definition) is 1. The minimum absolute atomic E-state index is 0.156. The third-order valence-electron chi connectivity index (χ3n) is 3.58. The lowest BCUT2D eigenvalue weighted by atomic mass is 10.2. The third-order valence-corrected chi connectivity index (χ3v) is 5.57. The van der Waals surface area contributed by atoms with Crippen LogP contribution in [0.25, 0.3) is 0 Å². The van der Waals surface area contributed by atoms with Crippen molar-refractivity contribution >= 4 is 38.9 Å². The number of aryl methyl sites for hydroxylation is 2. The van der Waals surface area contributed by atoms with Crippen molar-refractivity contribution < 1.29 is 9.53 Å². The normalized spacial score (nSPS) is 10.5. The zero-order valence-corrected chi connectivity index (χ0v) is 16.3. The van der Waals surface area contributed by atoms with Crippen LogP contribution < -0.4 is 10.1 Å². The summed E-state index contributed by atoms with van der Waals surface area (Å²) < 4.78 is 6.66. The number of nitrogens with one attached hydrogen (secondary N) is 1. The summed E-state index contributed by atoms with van der Waals surface area (Å²) >= 11 is 4.83. The van der Waals surface area contributed by atoms with E-state index >= 15 is 0 Å². The molecular weight excluding hydrogens is 400 g/mol. The lowest BCUT2D eigenvalue weighted by molar-refractivity contribution is 0.103. The maximum Gasteiger partial charge on any atom is 0.267 e. The highest BCUT2D eigenvalue weighted by molar-refractivity contribution is 9.10. The summed E-state index contributed by atoms with van der Waals surface area (Å²) in [6.45, 7) is 4.18. The standard InChI is InChI=1S/C19H17BrN2O2S/c1-12-8-9-14(10-16(12)20)22-19(23)18-13(2)21-17(25-18)11-24-15-6-4-3-5-7-15/h3-10H,11H2,1-2H3,(H,22,23). The summed E-state index contributed by atoms with van der Waals surface area (Å²) in [5.74, 6) is 0.627. The second-order valence-corrected chi connectivity index (χ2v) is 7.48. The molecule has 0 unspecified atom stereocenters. The topological polar surface area (TPSA) is 51.2 Å². The molecule has 0 fully saturated rings. The smallest absolute Gasteiger partial charge is 0.267 e. The lowest BCUT2D eigenvalue weighted by Gasteiger charge is -2.06. The van der Waals surface area contributed by atoms with Gasteiger partial charge in [0.25, 0.3) is 5.91 Å². The van der Waals surface area contributed by atoms with Crippen molar-refractivity contribution in [3.8, 4) is 5.75 Å². The number of thiazole rings is 1. The number of halogens is 1. The molecule has 3 aromatic rings. The molecule has 0 saturated carbocycles. The largest absolute Gasteiger partial charge is 0.486 e. The Morgan fingerprint density at radius 1 is 1.20 bits per heavy atom. The summed E-state index contributed by atoms with van der Waals surface area (Å²) in [5, 5.41) is 3.69. The highest BCUT2D eigenvalue weighted by atomic mass is 79.9. The molecule has 1 aromatic heterocycles. The van der Waals surface area contributed by atoms with E-state index in [2.05, 4.69) is 26.2 Å². The summed E-state index contributed by atoms with van der Waals surface area (Å²) in [5.41, 5.74) is 2.57. The van der Waals surface area contributed by atoms with Crippen molar-refractivity contribution in [2.75, 3.05) is 5.32 Å². The molecule has 0 aliphatic rings. The number of carbonyl (C=O) groups excluding carboxylic acids is 1. The zero-order chi connectivity index (χ0) is 17.8. The predicted octanol–water partition coefficient (Wildman–Crippen LogP) is 5.35. The lowest BCUT2D eigenvalue weighted by Crippen LogP contribution is -2.11. The molecule has 1 amide bonds. The highest BCUT2D eigenvalue weighted by Gasteiger charge is 2.16. The molecule has 0 aliphatic heterocycles. The minimum Gasteiger partial charge on any atom is -0.486 e. The van der Waals surface area contributed by atoms with Crippen molar-refractivity contribution in [2.24, 2.45) is 0 Å². The maximum absolute atomic E-state index is 12.5. The average Bonchev–Trinajstić information content (AvgIpc) is 2.98. The van der Waals surface area contributed by atoms with Crippen molar-refractivity contribution in [1.82, 2.24) is 4.98 Å². The number of carbonyl (C=O) groups is 1. The Bertz CT molecular complexity index is 894. The Balaban J connectivity index is 1.68. The number of ether oxygens (including phenoxy) is 1. The zero-order valence-electron chi connectivity index (χ0n) is 13.9. The molecule has 2 aromatic carbocycles. The van der Waals surface area contributed by atoms with Gasteiger partial charge in [-0.25, -0.2) is 4.98 Å². The van der Waals surface area contributed by atoms with E-state index in [9.17, 15) is 4.79 Å². The first-order chi connectivity index (χ1) is 12.0. The first-order valence-corrected chi connectivity index (χ1v) is 9.35. The molecule has 25 heavy (non-hydrogen) atoms. The molecule has 0 radical (unpaired) electrons. The molecule has 128 valence electrons. The molecular formula is C19H17BrN2O2S. The first-order valence-electron chi connectivity index (χ1n) is 7.74. The number of benzene rings is 2. The third kappa shape index (κ3) is 4.46. The summed E-state index contributed by atoms with van der Waals surface area (Å²) in [7, 11) is 0. The van der Waals surface area contributed by atoms with E-state index in [-0.39, 0.29) is 5.91 Å². The molecule has 3 rings (SSSR count). The molecule has 0 aliphatic carbocycles. The van der Waals surface area contributed by atoms with Gasteiger partial charge in [0.15, 0.2) is 0 Å². The van der Waals surface area contributed by atoms with Crippen molar-refractivity contribution in [3.63, 3.8) is 0 Å². The van der Waals surface area contributed by atoms with Crippen LogP contribution in [0.4, 0.5) is 5.69 Å². The van der Waals surface area contributed by atoms with Crippen molar-refractivity contribution in [2.45, 2.75) is 20.5 Å². The average molecular weight is 417 g/mol. The number of nitrogens with zero attached hydrogens (tertiary/aromatic N) is 1. The van der Waals surface area contributed by atoms with Gasteiger partial charge in [-0.2, -0.15) is 0 Å². The SMILES string of the molecule is Cc1ccc(NC(=O)c2sc(COc3ccccc3)nc2C)cc1Br. The van der Waals surface area contributed by atoms with Crippen LogP contribution >= 0.6 is 27.3 Å². The fourth-order valence-electron chi connectivity index (χ4n) is 2.24. The van der Waals surface area contributed by atoms with Gasteiger partial charge in [0, 0.05) is 10.2 Å². The van der Waals surface area contributed by atoms with E-state index < -0.39 is 0 Å². The Kier molecular flexibility index (Phi) is 5.50. The molecule has 1 heterocycles. The number of rotatable bonds is 5. The van der Waals surface area contributed by atoms with E-state index in [0.717, 1.165) is 26.5 Å². The number of anilines is 1. The van der Waals surface area contributed by atoms with Crippen molar-refractivity contribution in [3.05, 3.63) is 74.1 Å². The second-order valence-electron chi connectivity index (χ2n) is 5.54. The Labute approximate surface area is 159 Å². The van der Waals surface area contributed by atoms with E-state index in [1.165, 1.54) is 11.3 Å². The van der Waals surface area contributed by atoms with Crippen LogP contribution in [-0.4, -0.2) is 10.9 Å². The van der Waals surface area contributed by atoms with Crippen LogP contribution in [0.2, 0.25) is 0 Å². The van der Waals surface area contributed by atoms with E-state index in [0.29, 0.717) is 17.2 Å². The van der Waals surface area contributed by atoms with Crippen molar-refractivity contribution in [1.29, 1.82) is 0 Å². The van der Waals surface area contributed by atoms with Gasteiger partial charge >= 0.3 is 0 Å². The van der Waals surface area contributed by atoms with Gasteiger partial charge in [-0.15, -0.1) is 11.3 Å². The molecule has 4 nitrogen and oxygen atoms in total. The monoisotopic (exact) mass is 416 g/mol. The van der Waals surface area contributed by atoms with Gasteiger partial charge in [0.1, 0.15) is 22.2 Å². The number of hydrogen-bond acceptors (Lipinski definition) is 4. The van der Waals surface area contributed by atoms with Gasteiger partial charge in [0.05, 0.1) is 5.69 Å². The molecule has 6 heteroatoms. The van der Waals surface area contributed by atoms with Crippen LogP contribution in [0.3, 0.4) is 0 Å². The van der Waals surface area contributed by atoms with E-state index in [4.69, 9.17) is 4.74 Å². The number of para-hydroxylation sites is 1. The first kappa shape index (κ1) is 17.6. The summed E-state index contributed by atoms with van der Waals surface area (Å²) in [6.07, 6.45) is 0. The Morgan fingerprint density at radius 3 is 2.68 bits per heavy atom. The molecule has 0 spiro atoms. The summed E-state index contributed by atoms with van der Waals surface area (Å²) in [6, 6.07) is 15.3. The van der Waals surface area contributed by atoms with E-state index in [1.807, 2.05) is 62.4 Å². The highest BCUT2D eigenvalue weighted by Crippen LogP contribution is 2.24. The summed E-state index contributed by atoms with van der Waals surface area (Å²) in [4.78, 5) is 17.6. The van der Waals surface area contributed by atoms with Crippen LogP contribution in [-0.2, 0) is 6.61 Å². The molecule has 0 saturated heterocycles. The van der Waals surface area contributed by atoms with Crippen LogP contribution in [0, 0.1) is 13.8 Å². The molecule has 0 atom stereocenters. The molecule has 1 N–H and O–H groups in total. The quantitative estimate of drug-likeness (QED) is 0.609. The van der Waals surface area contributed by atoms with Crippen LogP contribution in [0.1, 0.15) is 25.9 Å². The predicted molar refractivity (Wildman–Crippen MR) is 104 cm³/mol. The van der Waals surface area contributed by atoms with Crippen LogP contribution in [0.5, 0.6) is 5.75 Å². The maximum atomic E-state index is 12.5. The molecule has 0 bridgehead atoms. The van der Waals surface area contributed by atoms with E-state index in [1.54, 1.807) is 0 Å². The fraction of sp³-hybridized carbons (Fsp3) is 0.158. The van der Waals surface area contributed by atoms with Gasteiger partial charge in [0.2, 0.25) is 0 Å². The van der Waals surface area contributed by atoms with Gasteiger partial charge in [-0.1, -0.05) is 40.2 Å². The van der Waals surface area contributed by atoms with Gasteiger partial charge in [-0.3, -0.25) is 4.79 Å². The number of aromatic nitrogens is 1. The number of amides is 1. The van der Waals surface area contributed by atoms with Gasteiger partial charge < -0.3 is 10.1 Å². The van der Waals surface area contributed by atoms with Gasteiger partial charge in [-0.05, 0) is 43.7 Å². The Hall–Kier alpha value is -2.18.